The molecule has 20 heteroatoms. The molecule has 0 aromatic heterocycles. The summed E-state index contributed by atoms with van der Waals surface area (Å²) in [6.45, 7) is 36.4. The van der Waals surface area contributed by atoms with Crippen LogP contribution in [0.5, 0.6) is 0 Å². The largest absolute Gasteiger partial charge is 0.444 e. The van der Waals surface area contributed by atoms with Crippen molar-refractivity contribution in [1.82, 2.24) is 20.0 Å². The van der Waals surface area contributed by atoms with Crippen LogP contribution < -0.4 is 30.7 Å². The molecular formula is C55H90N12O8. The molecule has 8 rings (SSSR count). The van der Waals surface area contributed by atoms with Gasteiger partial charge in [-0.3, -0.25) is 30.3 Å². The van der Waals surface area contributed by atoms with E-state index in [1.54, 1.807) is 41.3 Å². The van der Waals surface area contributed by atoms with Gasteiger partial charge in [-0.25, -0.2) is 4.79 Å². The van der Waals surface area contributed by atoms with Gasteiger partial charge in [0, 0.05) is 170 Å². The van der Waals surface area contributed by atoms with Crippen molar-refractivity contribution >= 4 is 51.6 Å². The summed E-state index contributed by atoms with van der Waals surface area (Å²) >= 11 is 0. The van der Waals surface area contributed by atoms with E-state index < -0.39 is 10.5 Å². The number of nitrogens with two attached hydrogens (primary N) is 1. The molecule has 0 unspecified atom stereocenters. The van der Waals surface area contributed by atoms with Crippen molar-refractivity contribution in [2.45, 2.75) is 81.8 Å². The van der Waals surface area contributed by atoms with Crippen molar-refractivity contribution in [1.29, 1.82) is 0 Å². The Morgan fingerprint density at radius 1 is 0.453 bits per heavy atom. The SMILES string of the molecule is CC.CC.CC.CC.CC(C)(C)OC(=O)N1CCN(c2ccc([N+](=O)[O-])cc2)CC1.CN1CCN(c2ccc(N)cc2)CC1.CN1CCN(c2ccc([N+](=O)[O-])cc2)CC1.O=[N+]([O-])c1ccc(N2CCNCC2)cc1. The Hall–Kier alpha value is -6.77. The number of nitrogens with zero attached hydrogens (tertiary/aromatic N) is 10. The fraction of sp³-hybridized carbons (Fsp3) is 0.545. The number of non-ortho nitro benzene ring substituents is 3. The zero-order valence-electron chi connectivity index (χ0n) is 47.4. The van der Waals surface area contributed by atoms with Crippen LogP contribution in [0.4, 0.5) is 50.3 Å². The highest BCUT2D eigenvalue weighted by atomic mass is 16.6. The number of carbonyl (C=O) groups is 1. The number of likely N-dealkylation sites (N-methyl/N-ethyl adjacent to an activating group) is 2. The van der Waals surface area contributed by atoms with Crippen molar-refractivity contribution in [2.24, 2.45) is 0 Å². The number of hydrogen-bond donors (Lipinski definition) is 2. The number of nitro groups is 3. The van der Waals surface area contributed by atoms with Crippen LogP contribution in [0.3, 0.4) is 0 Å². The van der Waals surface area contributed by atoms with Crippen LogP contribution in [0.1, 0.15) is 76.2 Å². The first-order valence-electron chi connectivity index (χ1n) is 26.6. The number of carbonyl (C=O) groups excluding carboxylic acids is 1. The minimum absolute atomic E-state index is 0.0798. The predicted octanol–water partition coefficient (Wildman–Crippen LogP) is 10.1. The second kappa shape index (κ2) is 36.2. The minimum atomic E-state index is -0.493. The molecular weight excluding hydrogens is 957 g/mol. The molecule has 4 aromatic carbocycles. The molecule has 4 saturated heterocycles. The van der Waals surface area contributed by atoms with Gasteiger partial charge in [0.25, 0.3) is 17.1 Å². The second-order valence-corrected chi connectivity index (χ2v) is 17.7. The number of piperazine rings is 4. The van der Waals surface area contributed by atoms with Gasteiger partial charge in [-0.2, -0.15) is 0 Å². The highest BCUT2D eigenvalue weighted by Gasteiger charge is 2.26. The van der Waals surface area contributed by atoms with Crippen LogP contribution in [-0.2, 0) is 4.74 Å². The highest BCUT2D eigenvalue weighted by Crippen LogP contribution is 2.24. The van der Waals surface area contributed by atoms with E-state index in [0.29, 0.717) is 26.2 Å². The van der Waals surface area contributed by atoms with E-state index in [4.69, 9.17) is 10.5 Å². The average molecular weight is 1050 g/mol. The molecule has 3 N–H and O–H groups in total. The first-order valence-corrected chi connectivity index (χ1v) is 26.6. The standard InChI is InChI=1S/C15H21N3O4.C11H15N3O2.C11H17N3.C10H13N3O2.4C2H6/c1-15(2,3)22-14(19)17-10-8-16(9-11-17)12-4-6-13(7-5-12)18(20)21;1-12-6-8-13(9-7-12)10-2-4-11(5-3-10)14(15)16;1-13-6-8-14(9-7-13)11-4-2-10(12)3-5-11;14-13(15)10-3-1-9(2-4-10)12-7-5-11-6-8-12;4*1-2/h4-7H,8-11H2,1-3H3;2-5H,6-9H2,1H3;2-5H,6-9,12H2,1H3;1-4,11H,5-8H2;4*1-2H3. The summed E-state index contributed by atoms with van der Waals surface area (Å²) in [5.74, 6) is 0. The molecule has 418 valence electrons. The summed E-state index contributed by atoms with van der Waals surface area (Å²) < 4.78 is 5.35. The normalized spacial score (nSPS) is 15.3. The number of anilines is 5. The molecule has 4 aliphatic heterocycles. The van der Waals surface area contributed by atoms with Gasteiger partial charge in [0.2, 0.25) is 0 Å². The molecule has 0 atom stereocenters. The van der Waals surface area contributed by atoms with Gasteiger partial charge in [-0.15, -0.1) is 0 Å². The monoisotopic (exact) mass is 1050 g/mol. The molecule has 0 aliphatic carbocycles. The van der Waals surface area contributed by atoms with Gasteiger partial charge in [-0.05, 0) is 95.5 Å². The Bertz CT molecular complexity index is 2170. The number of nitrogen functional groups attached to an aromatic ring is 1. The topological polar surface area (TPSA) is 216 Å². The van der Waals surface area contributed by atoms with Crippen LogP contribution >= 0.6 is 0 Å². The molecule has 1 amide bonds. The maximum Gasteiger partial charge on any atom is 0.410 e. The molecule has 0 spiro atoms. The summed E-state index contributed by atoms with van der Waals surface area (Å²) in [5.41, 5.74) is 10.7. The summed E-state index contributed by atoms with van der Waals surface area (Å²) in [5, 5.41) is 34.9. The number of benzene rings is 4. The van der Waals surface area contributed by atoms with E-state index in [0.717, 1.165) is 101 Å². The van der Waals surface area contributed by atoms with Crippen LogP contribution in [0.25, 0.3) is 0 Å². The van der Waals surface area contributed by atoms with E-state index >= 15 is 0 Å². The van der Waals surface area contributed by atoms with Gasteiger partial charge >= 0.3 is 6.09 Å². The molecule has 20 nitrogen and oxygen atoms in total. The second-order valence-electron chi connectivity index (χ2n) is 17.7. The van der Waals surface area contributed by atoms with Crippen LogP contribution in [-0.4, -0.2) is 160 Å². The molecule has 0 saturated carbocycles. The lowest BCUT2D eigenvalue weighted by Crippen LogP contribution is -2.50. The van der Waals surface area contributed by atoms with E-state index in [2.05, 4.69) is 60.9 Å². The summed E-state index contributed by atoms with van der Waals surface area (Å²) in [4.78, 5) is 57.8. The lowest BCUT2D eigenvalue weighted by Gasteiger charge is -2.36. The van der Waals surface area contributed by atoms with E-state index in [1.165, 1.54) is 17.8 Å². The van der Waals surface area contributed by atoms with Crippen LogP contribution in [0.2, 0.25) is 0 Å². The average Bonchev–Trinajstić information content (AvgIpc) is 3.44. The molecule has 4 heterocycles. The van der Waals surface area contributed by atoms with Gasteiger partial charge in [0.1, 0.15) is 5.60 Å². The number of nitro benzene ring substituents is 3. The van der Waals surface area contributed by atoms with Crippen LogP contribution in [0.15, 0.2) is 97.1 Å². The number of ether oxygens (including phenoxy) is 1. The van der Waals surface area contributed by atoms with Crippen LogP contribution in [0, 0.1) is 30.3 Å². The van der Waals surface area contributed by atoms with Crippen molar-refractivity contribution in [2.75, 3.05) is 144 Å². The fourth-order valence-corrected chi connectivity index (χ4v) is 7.57. The van der Waals surface area contributed by atoms with Gasteiger partial charge in [0.15, 0.2) is 0 Å². The summed E-state index contributed by atoms with van der Waals surface area (Å²) in [7, 11) is 4.27. The molecule has 0 bridgehead atoms. The van der Waals surface area contributed by atoms with Gasteiger partial charge in [0.05, 0.1) is 14.8 Å². The third kappa shape index (κ3) is 24.4. The Morgan fingerprint density at radius 2 is 0.707 bits per heavy atom. The Balaban J connectivity index is 0.000000484. The van der Waals surface area contributed by atoms with Crippen molar-refractivity contribution in [3.05, 3.63) is 127 Å². The first kappa shape index (κ1) is 66.2. The van der Waals surface area contributed by atoms with E-state index in [1.807, 2.05) is 113 Å². The molecule has 0 radical (unpaired) electrons. The maximum atomic E-state index is 12.0. The number of amides is 1. The van der Waals surface area contributed by atoms with Gasteiger partial charge in [-0.1, -0.05) is 55.4 Å². The van der Waals surface area contributed by atoms with Crippen molar-refractivity contribution in [3.63, 3.8) is 0 Å². The maximum absolute atomic E-state index is 12.0. The Morgan fingerprint density at radius 3 is 0.973 bits per heavy atom. The quantitative estimate of drug-likeness (QED) is 0.1000. The summed E-state index contributed by atoms with van der Waals surface area (Å²) in [6.07, 6.45) is -0.296. The first-order chi connectivity index (χ1) is 35.9. The highest BCUT2D eigenvalue weighted by molar-refractivity contribution is 5.68. The Kier molecular flexibility index (Phi) is 32.0. The minimum Gasteiger partial charge on any atom is -0.444 e. The van der Waals surface area contributed by atoms with Crippen molar-refractivity contribution in [3.8, 4) is 0 Å². The molecule has 4 fully saturated rings. The lowest BCUT2D eigenvalue weighted by atomic mass is 10.2. The fourth-order valence-electron chi connectivity index (χ4n) is 7.57. The predicted molar refractivity (Wildman–Crippen MR) is 310 cm³/mol. The number of hydrogen-bond acceptors (Lipinski definition) is 16. The molecule has 4 aliphatic rings. The van der Waals surface area contributed by atoms with Crippen molar-refractivity contribution < 1.29 is 24.3 Å². The third-order valence-electron chi connectivity index (χ3n) is 11.6. The van der Waals surface area contributed by atoms with Gasteiger partial charge < -0.3 is 50.1 Å². The summed E-state index contributed by atoms with van der Waals surface area (Å²) in [6, 6.07) is 28.1. The van der Waals surface area contributed by atoms with E-state index in [9.17, 15) is 35.1 Å². The number of rotatable bonds is 7. The smallest absolute Gasteiger partial charge is 0.410 e. The molecule has 75 heavy (non-hydrogen) atoms. The van der Waals surface area contributed by atoms with E-state index in [-0.39, 0.29) is 33.0 Å². The Labute approximate surface area is 447 Å². The lowest BCUT2D eigenvalue weighted by molar-refractivity contribution is -0.385. The third-order valence-corrected chi connectivity index (χ3v) is 11.6. The number of nitrogens with one attached hydrogen (secondary N) is 1. The zero-order chi connectivity index (χ0) is 56.5. The molecule has 4 aromatic rings. The zero-order valence-corrected chi connectivity index (χ0v) is 47.4.